The second kappa shape index (κ2) is 9.85. The van der Waals surface area contributed by atoms with Crippen LogP contribution in [0.15, 0.2) is 48.5 Å². The van der Waals surface area contributed by atoms with Gasteiger partial charge in [-0.3, -0.25) is 4.79 Å². The average molecular weight is 449 g/mol. The lowest BCUT2D eigenvalue weighted by Gasteiger charge is -2.33. The monoisotopic (exact) mass is 448 g/mol. The van der Waals surface area contributed by atoms with Crippen molar-refractivity contribution in [2.75, 3.05) is 6.54 Å². The van der Waals surface area contributed by atoms with Gasteiger partial charge in [0, 0.05) is 28.2 Å². The number of esters is 1. The molecule has 0 amide bonds. The van der Waals surface area contributed by atoms with Crippen molar-refractivity contribution in [3.63, 3.8) is 0 Å². The molecule has 0 aliphatic rings. The van der Waals surface area contributed by atoms with Crippen molar-refractivity contribution in [2.24, 2.45) is 5.41 Å². The average Bonchev–Trinajstić information content (AvgIpc) is 3.19. The Bertz CT molecular complexity index is 1130. The lowest BCUT2D eigenvalue weighted by molar-refractivity contribution is -0.168. The maximum absolute atomic E-state index is 12.9. The topological polar surface area (TPSA) is 62.1 Å². The molecular weight excluding hydrogens is 416 g/mol. The van der Waals surface area contributed by atoms with Gasteiger partial charge in [-0.05, 0) is 68.8 Å². The van der Waals surface area contributed by atoms with E-state index in [9.17, 15) is 10.1 Å². The minimum Gasteiger partial charge on any atom is -0.460 e. The van der Waals surface area contributed by atoms with Gasteiger partial charge in [0.15, 0.2) is 0 Å². The smallest absolute Gasteiger partial charge is 0.313 e. The molecule has 5 heteroatoms. The molecule has 0 atom stereocenters. The Balaban J connectivity index is 1.74. The summed E-state index contributed by atoms with van der Waals surface area (Å²) in [6, 6.07) is 18.6. The number of nitriles is 1. The molecule has 168 valence electrons. The molecule has 1 heterocycles. The molecule has 0 bridgehead atoms. The molecule has 0 unspecified atom stereocenters. The minimum atomic E-state index is -0.520. The number of ether oxygens (including phenoxy) is 1. The van der Waals surface area contributed by atoms with Crippen molar-refractivity contribution in [3.05, 3.63) is 59.7 Å². The van der Waals surface area contributed by atoms with E-state index < -0.39 is 11.0 Å². The van der Waals surface area contributed by atoms with Crippen molar-refractivity contribution in [2.45, 2.75) is 59.6 Å². The van der Waals surface area contributed by atoms with E-state index in [1.807, 2.05) is 58.9 Å². The Kier molecular flexibility index (Phi) is 7.38. The first kappa shape index (κ1) is 24.0. The molecule has 1 aromatic heterocycles. The number of rotatable bonds is 8. The molecule has 0 fully saturated rings. The molecule has 0 aliphatic carbocycles. The zero-order valence-electron chi connectivity index (χ0n) is 19.6. The summed E-state index contributed by atoms with van der Waals surface area (Å²) in [4.78, 5) is 14.0. The lowest BCUT2D eigenvalue weighted by atomic mass is 9.82. The van der Waals surface area contributed by atoms with Gasteiger partial charge >= 0.3 is 5.97 Å². The second-order valence-corrected chi connectivity index (χ2v) is 10.3. The summed E-state index contributed by atoms with van der Waals surface area (Å²) in [7, 11) is 0. The van der Waals surface area contributed by atoms with E-state index in [4.69, 9.17) is 4.74 Å². The van der Waals surface area contributed by atoms with Crippen LogP contribution < -0.4 is 5.32 Å². The second-order valence-electron chi connectivity index (χ2n) is 9.23. The van der Waals surface area contributed by atoms with Crippen LogP contribution in [-0.4, -0.2) is 18.1 Å². The van der Waals surface area contributed by atoms with E-state index in [-0.39, 0.29) is 5.97 Å². The van der Waals surface area contributed by atoms with Crippen molar-refractivity contribution >= 4 is 27.4 Å². The van der Waals surface area contributed by atoms with Crippen LogP contribution in [0, 0.1) is 16.7 Å². The van der Waals surface area contributed by atoms with Crippen molar-refractivity contribution in [3.8, 4) is 16.5 Å². The van der Waals surface area contributed by atoms with Gasteiger partial charge < -0.3 is 10.1 Å². The number of hydrogen-bond acceptors (Lipinski definition) is 5. The fraction of sp³-hybridized carbons (Fsp3) is 0.407. The molecular formula is C27H32N2O2S. The number of carbonyl (C=O) groups is 1. The Morgan fingerprint density at radius 1 is 1.09 bits per heavy atom. The van der Waals surface area contributed by atoms with Crippen LogP contribution in [0.3, 0.4) is 0 Å². The standard InChI is InChI=1S/C27H32N2O2S/c1-6-27(7-2,25(30)31-26(3,4)5)18-29-17-19-12-13-23-21(14-19)15-24(32-23)22-11-9-8-10-20(22)16-28/h8-15,29H,6-7,17-18H2,1-5H3. The molecule has 3 aromatic rings. The van der Waals surface area contributed by atoms with E-state index in [1.165, 1.54) is 15.6 Å². The molecule has 3 rings (SSSR count). The first-order valence-electron chi connectivity index (χ1n) is 11.2. The zero-order chi connectivity index (χ0) is 23.4. The summed E-state index contributed by atoms with van der Waals surface area (Å²) in [6.45, 7) is 11.1. The highest BCUT2D eigenvalue weighted by molar-refractivity contribution is 7.22. The van der Waals surface area contributed by atoms with Crippen molar-refractivity contribution < 1.29 is 9.53 Å². The van der Waals surface area contributed by atoms with Crippen LogP contribution >= 0.6 is 11.3 Å². The van der Waals surface area contributed by atoms with Crippen LogP contribution in [0.5, 0.6) is 0 Å². The number of fused-ring (bicyclic) bond motifs is 1. The Labute approximate surface area is 195 Å². The fourth-order valence-corrected chi connectivity index (χ4v) is 4.91. The van der Waals surface area contributed by atoms with Gasteiger partial charge in [-0.15, -0.1) is 11.3 Å². The van der Waals surface area contributed by atoms with Gasteiger partial charge in [0.25, 0.3) is 0 Å². The van der Waals surface area contributed by atoms with Crippen LogP contribution in [-0.2, 0) is 16.1 Å². The predicted molar refractivity (Wildman–Crippen MR) is 133 cm³/mol. The van der Waals surface area contributed by atoms with E-state index in [2.05, 4.69) is 35.7 Å². The van der Waals surface area contributed by atoms with E-state index in [0.717, 1.165) is 23.3 Å². The van der Waals surface area contributed by atoms with Gasteiger partial charge in [-0.2, -0.15) is 5.26 Å². The lowest BCUT2D eigenvalue weighted by Crippen LogP contribution is -2.43. The highest BCUT2D eigenvalue weighted by atomic mass is 32.1. The van der Waals surface area contributed by atoms with Gasteiger partial charge in [-0.1, -0.05) is 38.1 Å². The first-order valence-corrected chi connectivity index (χ1v) is 12.0. The molecule has 0 aliphatic heterocycles. The number of nitrogens with one attached hydrogen (secondary N) is 1. The maximum Gasteiger partial charge on any atom is 0.313 e. The minimum absolute atomic E-state index is 0.128. The van der Waals surface area contributed by atoms with Crippen LogP contribution in [0.25, 0.3) is 20.5 Å². The van der Waals surface area contributed by atoms with Gasteiger partial charge in [0.2, 0.25) is 0 Å². The summed E-state index contributed by atoms with van der Waals surface area (Å²) >= 11 is 1.70. The van der Waals surface area contributed by atoms with Crippen LogP contribution in [0.2, 0.25) is 0 Å². The Morgan fingerprint density at radius 3 is 2.47 bits per heavy atom. The van der Waals surface area contributed by atoms with Gasteiger partial charge in [0.05, 0.1) is 17.0 Å². The molecule has 0 radical (unpaired) electrons. The third-order valence-electron chi connectivity index (χ3n) is 5.87. The Morgan fingerprint density at radius 2 is 1.81 bits per heavy atom. The number of hydrogen-bond donors (Lipinski definition) is 1. The molecule has 2 aromatic carbocycles. The number of thiophene rings is 1. The van der Waals surface area contributed by atoms with Gasteiger partial charge in [-0.25, -0.2) is 0 Å². The van der Waals surface area contributed by atoms with E-state index in [1.54, 1.807) is 11.3 Å². The SMILES string of the molecule is CCC(CC)(CNCc1ccc2sc(-c3ccccc3C#N)cc2c1)C(=O)OC(C)(C)C. The zero-order valence-corrected chi connectivity index (χ0v) is 20.4. The third-order valence-corrected chi connectivity index (χ3v) is 7.02. The molecule has 0 saturated heterocycles. The van der Waals surface area contributed by atoms with Gasteiger partial charge in [0.1, 0.15) is 5.60 Å². The fourth-order valence-electron chi connectivity index (χ4n) is 3.82. The predicted octanol–water partition coefficient (Wildman–Crippen LogP) is 6.68. The number of nitrogens with zero attached hydrogens (tertiary/aromatic N) is 1. The van der Waals surface area contributed by atoms with Crippen LogP contribution in [0.1, 0.15) is 58.6 Å². The summed E-state index contributed by atoms with van der Waals surface area (Å²) < 4.78 is 6.90. The highest BCUT2D eigenvalue weighted by Crippen LogP contribution is 2.35. The summed E-state index contributed by atoms with van der Waals surface area (Å²) in [6.07, 6.45) is 1.47. The third kappa shape index (κ3) is 5.38. The normalized spacial score (nSPS) is 12.0. The molecule has 1 N–H and O–H groups in total. The number of carbonyl (C=O) groups excluding carboxylic acids is 1. The molecule has 32 heavy (non-hydrogen) atoms. The maximum atomic E-state index is 12.9. The summed E-state index contributed by atoms with van der Waals surface area (Å²) in [5.74, 6) is -0.128. The Hall–Kier alpha value is -2.68. The van der Waals surface area contributed by atoms with Crippen LogP contribution in [0.4, 0.5) is 0 Å². The van der Waals surface area contributed by atoms with Crippen molar-refractivity contribution in [1.29, 1.82) is 5.26 Å². The summed E-state index contributed by atoms with van der Waals surface area (Å²) in [5.41, 5.74) is 1.83. The summed E-state index contributed by atoms with van der Waals surface area (Å²) in [5, 5.41) is 14.1. The van der Waals surface area contributed by atoms with E-state index in [0.29, 0.717) is 18.7 Å². The largest absolute Gasteiger partial charge is 0.460 e. The quantitative estimate of drug-likeness (QED) is 0.391. The van der Waals surface area contributed by atoms with E-state index >= 15 is 0 Å². The van der Waals surface area contributed by atoms with Crippen molar-refractivity contribution in [1.82, 2.24) is 5.32 Å². The molecule has 0 spiro atoms. The molecule has 0 saturated carbocycles. The number of benzene rings is 2. The molecule has 4 nitrogen and oxygen atoms in total. The highest BCUT2D eigenvalue weighted by Gasteiger charge is 2.38. The first-order chi connectivity index (χ1) is 15.2.